The summed E-state index contributed by atoms with van der Waals surface area (Å²) in [7, 11) is -3.45. The van der Waals surface area contributed by atoms with Crippen molar-refractivity contribution in [3.05, 3.63) is 34.7 Å². The van der Waals surface area contributed by atoms with Crippen LogP contribution in [-0.4, -0.2) is 57.6 Å². The average molecular weight is 397 g/mol. The van der Waals surface area contributed by atoms with Gasteiger partial charge in [0.25, 0.3) is 5.91 Å². The molecule has 1 saturated heterocycles. The molecule has 8 nitrogen and oxygen atoms in total. The minimum absolute atomic E-state index is 0.227. The van der Waals surface area contributed by atoms with E-state index in [1.165, 1.54) is 16.2 Å². The summed E-state index contributed by atoms with van der Waals surface area (Å²) in [5, 5.41) is 0.875. The van der Waals surface area contributed by atoms with Crippen molar-refractivity contribution in [1.29, 1.82) is 0 Å². The number of morpholine rings is 1. The van der Waals surface area contributed by atoms with E-state index in [0.29, 0.717) is 17.0 Å². The molecule has 3 rings (SSSR count). The molecule has 1 atom stereocenters. The van der Waals surface area contributed by atoms with Crippen LogP contribution in [0.5, 0.6) is 0 Å². The van der Waals surface area contributed by atoms with Crippen molar-refractivity contribution in [3.8, 4) is 0 Å². The lowest BCUT2D eigenvalue weighted by Crippen LogP contribution is -2.46. The predicted octanol–water partition coefficient (Wildman–Crippen LogP) is 0.449. The third-order valence-corrected chi connectivity index (χ3v) is 5.95. The molecule has 10 heteroatoms. The Kier molecular flexibility index (Phi) is 5.28. The van der Waals surface area contributed by atoms with E-state index in [-0.39, 0.29) is 25.6 Å². The van der Waals surface area contributed by atoms with Crippen LogP contribution in [0.2, 0.25) is 0 Å². The molecule has 0 radical (unpaired) electrons. The van der Waals surface area contributed by atoms with Crippen LogP contribution in [0, 0.1) is 0 Å². The van der Waals surface area contributed by atoms with E-state index in [1.807, 2.05) is 24.3 Å². The van der Waals surface area contributed by atoms with Crippen molar-refractivity contribution >= 4 is 43.3 Å². The molecule has 1 aromatic carbocycles. The Balaban J connectivity index is 1.86. The summed E-state index contributed by atoms with van der Waals surface area (Å²) in [6.07, 6.45) is 0.503. The predicted molar refractivity (Wildman–Crippen MR) is 98.5 cm³/mol. The number of benzene rings is 1. The van der Waals surface area contributed by atoms with Crippen LogP contribution < -0.4 is 10.5 Å². The number of thiophene rings is 1. The quantitative estimate of drug-likeness (QED) is 0.759. The summed E-state index contributed by atoms with van der Waals surface area (Å²) in [5.74, 6) is -0.879. The highest BCUT2D eigenvalue weighted by atomic mass is 32.2. The van der Waals surface area contributed by atoms with Crippen LogP contribution in [0.4, 0.5) is 0 Å². The third kappa shape index (κ3) is 4.04. The Morgan fingerprint density at radius 2 is 2.12 bits per heavy atom. The molecule has 0 spiro atoms. The number of nitrogens with zero attached hydrogens (tertiary/aromatic N) is 1. The summed E-state index contributed by atoms with van der Waals surface area (Å²) in [5.41, 5.74) is 6.22. The first kappa shape index (κ1) is 18.8. The first-order chi connectivity index (χ1) is 12.3. The highest BCUT2D eigenvalue weighted by Gasteiger charge is 2.30. The van der Waals surface area contributed by atoms with E-state index < -0.39 is 22.0 Å². The molecule has 140 valence electrons. The van der Waals surface area contributed by atoms with Gasteiger partial charge in [-0.3, -0.25) is 9.59 Å². The van der Waals surface area contributed by atoms with Crippen molar-refractivity contribution in [2.75, 3.05) is 32.5 Å². The fourth-order valence-electron chi connectivity index (χ4n) is 2.92. The second-order valence-electron chi connectivity index (χ2n) is 6.00. The molecule has 0 saturated carbocycles. The van der Waals surface area contributed by atoms with Gasteiger partial charge in [0, 0.05) is 16.8 Å². The summed E-state index contributed by atoms with van der Waals surface area (Å²) >= 11 is 1.30. The van der Waals surface area contributed by atoms with Gasteiger partial charge in [0.15, 0.2) is 0 Å². The van der Waals surface area contributed by atoms with Crippen molar-refractivity contribution in [1.82, 2.24) is 9.62 Å². The molecule has 1 aromatic heterocycles. The van der Waals surface area contributed by atoms with Crippen LogP contribution in [0.15, 0.2) is 24.3 Å². The first-order valence-electron chi connectivity index (χ1n) is 7.91. The molecule has 2 heterocycles. The third-order valence-electron chi connectivity index (χ3n) is 4.08. The average Bonchev–Trinajstić information content (AvgIpc) is 2.99. The number of carbonyl (C=O) groups excluding carboxylic acids is 2. The van der Waals surface area contributed by atoms with Gasteiger partial charge < -0.3 is 15.4 Å². The monoisotopic (exact) mass is 397 g/mol. The maximum atomic E-state index is 12.3. The van der Waals surface area contributed by atoms with Gasteiger partial charge >= 0.3 is 0 Å². The maximum Gasteiger partial charge on any atom is 0.259 e. The van der Waals surface area contributed by atoms with Crippen molar-refractivity contribution in [2.24, 2.45) is 5.73 Å². The number of fused-ring (bicyclic) bond motifs is 1. The summed E-state index contributed by atoms with van der Waals surface area (Å²) in [6, 6.07) is 7.54. The molecular formula is C16H19N3O5S2. The Labute approximate surface area is 155 Å². The molecule has 2 aromatic rings. The van der Waals surface area contributed by atoms with Gasteiger partial charge in [-0.1, -0.05) is 18.2 Å². The van der Waals surface area contributed by atoms with Crippen LogP contribution in [0.25, 0.3) is 10.1 Å². The number of hydrogen-bond donors (Lipinski definition) is 2. The van der Waals surface area contributed by atoms with Gasteiger partial charge in [-0.15, -0.1) is 11.3 Å². The van der Waals surface area contributed by atoms with Gasteiger partial charge in [-0.25, -0.2) is 13.1 Å². The van der Waals surface area contributed by atoms with Crippen molar-refractivity contribution in [2.45, 2.75) is 6.10 Å². The molecule has 1 aliphatic rings. The number of carbonyl (C=O) groups is 2. The molecule has 1 unspecified atom stereocenters. The fraction of sp³-hybridized carbons (Fsp3) is 0.375. The van der Waals surface area contributed by atoms with E-state index in [9.17, 15) is 18.0 Å². The lowest BCUT2D eigenvalue weighted by Gasteiger charge is -2.33. The van der Waals surface area contributed by atoms with Crippen molar-refractivity contribution in [3.63, 3.8) is 0 Å². The second kappa shape index (κ2) is 7.31. The normalized spacial score (nSPS) is 18.2. The van der Waals surface area contributed by atoms with E-state index in [4.69, 9.17) is 10.5 Å². The van der Waals surface area contributed by atoms with Crippen LogP contribution in [0.1, 0.15) is 21.3 Å². The smallest absolute Gasteiger partial charge is 0.259 e. The molecule has 1 aliphatic heterocycles. The number of ether oxygens (including phenoxy) is 1. The number of rotatable bonds is 5. The molecule has 3 N–H and O–H groups in total. The van der Waals surface area contributed by atoms with Crippen LogP contribution in [0.3, 0.4) is 0 Å². The Morgan fingerprint density at radius 1 is 1.38 bits per heavy atom. The SMILES string of the molecule is CS(=O)(=O)NCC(=O)N1CCOC(c2c(C(N)=O)sc3ccccc23)C1. The summed E-state index contributed by atoms with van der Waals surface area (Å²) in [6.45, 7) is 0.566. The van der Waals surface area contributed by atoms with E-state index >= 15 is 0 Å². The summed E-state index contributed by atoms with van der Waals surface area (Å²) in [4.78, 5) is 26.1. The number of nitrogens with two attached hydrogens (primary N) is 1. The van der Waals surface area contributed by atoms with Crippen LogP contribution in [-0.2, 0) is 19.6 Å². The number of nitrogens with one attached hydrogen (secondary N) is 1. The molecule has 0 bridgehead atoms. The van der Waals surface area contributed by atoms with Gasteiger partial charge in [0.2, 0.25) is 15.9 Å². The van der Waals surface area contributed by atoms with Gasteiger partial charge in [0.05, 0.1) is 30.8 Å². The summed E-state index contributed by atoms with van der Waals surface area (Å²) < 4.78 is 31.3. The fourth-order valence-corrected chi connectivity index (χ4v) is 4.42. The number of sulfonamides is 1. The van der Waals surface area contributed by atoms with Crippen LogP contribution >= 0.6 is 11.3 Å². The number of hydrogen-bond acceptors (Lipinski definition) is 6. The second-order valence-corrected chi connectivity index (χ2v) is 8.88. The molecule has 2 amide bonds. The Morgan fingerprint density at radius 3 is 2.81 bits per heavy atom. The van der Waals surface area contributed by atoms with E-state index in [1.54, 1.807) is 0 Å². The number of primary amides is 1. The zero-order valence-electron chi connectivity index (χ0n) is 14.1. The van der Waals surface area contributed by atoms with Gasteiger partial charge in [-0.05, 0) is 11.5 Å². The molecule has 1 fully saturated rings. The maximum absolute atomic E-state index is 12.3. The van der Waals surface area contributed by atoms with E-state index in [0.717, 1.165) is 16.3 Å². The number of amides is 2. The first-order valence-corrected chi connectivity index (χ1v) is 10.6. The molecule has 26 heavy (non-hydrogen) atoms. The zero-order valence-corrected chi connectivity index (χ0v) is 15.7. The lowest BCUT2D eigenvalue weighted by atomic mass is 10.0. The highest BCUT2D eigenvalue weighted by molar-refractivity contribution is 7.88. The molecule has 0 aliphatic carbocycles. The standard InChI is InChI=1S/C16H19N3O5S2/c1-26(22,23)18-8-13(20)19-6-7-24-11(9-19)14-10-4-2-3-5-12(10)25-15(14)16(17)21/h2-5,11,18H,6-9H2,1H3,(H2,17,21). The van der Waals surface area contributed by atoms with Gasteiger partial charge in [0.1, 0.15) is 6.10 Å². The van der Waals surface area contributed by atoms with Crippen molar-refractivity contribution < 1.29 is 22.7 Å². The minimum Gasteiger partial charge on any atom is -0.370 e. The van der Waals surface area contributed by atoms with E-state index in [2.05, 4.69) is 4.72 Å². The molecular weight excluding hydrogens is 378 g/mol. The Hall–Kier alpha value is -2.01. The largest absolute Gasteiger partial charge is 0.370 e. The lowest BCUT2D eigenvalue weighted by molar-refractivity contribution is -0.137. The Bertz CT molecular complexity index is 954. The zero-order chi connectivity index (χ0) is 18.9. The minimum atomic E-state index is -3.45. The topological polar surface area (TPSA) is 119 Å². The van der Waals surface area contributed by atoms with Gasteiger partial charge in [-0.2, -0.15) is 0 Å². The highest BCUT2D eigenvalue weighted by Crippen LogP contribution is 2.37.